The van der Waals surface area contributed by atoms with E-state index >= 15 is 0 Å². The first kappa shape index (κ1) is 18.7. The molecule has 1 aliphatic rings. The molecular weight excluding hydrogens is 417 g/mol. The van der Waals surface area contributed by atoms with E-state index in [9.17, 15) is 0 Å². The Morgan fingerprint density at radius 1 is 0.545 bits per heavy atom. The molecule has 0 radical (unpaired) electrons. The maximum atomic E-state index is 2.51. The van der Waals surface area contributed by atoms with Gasteiger partial charge in [-0.2, -0.15) is 0 Å². The van der Waals surface area contributed by atoms with E-state index in [4.69, 9.17) is 0 Å². The Hall–Kier alpha value is -3.82. The van der Waals surface area contributed by atoms with Crippen molar-refractivity contribution in [2.45, 2.75) is 0 Å². The molecule has 5 aromatic carbocycles. The van der Waals surface area contributed by atoms with Gasteiger partial charge in [0.05, 0.1) is 0 Å². The van der Waals surface area contributed by atoms with Crippen LogP contribution in [0.25, 0.3) is 31.3 Å². The van der Waals surface area contributed by atoms with Crippen molar-refractivity contribution >= 4 is 60.7 Å². The zero-order valence-electron chi connectivity index (χ0n) is 18.0. The molecule has 0 saturated carbocycles. The summed E-state index contributed by atoms with van der Waals surface area (Å²) in [5.41, 5.74) is 7.76. The lowest BCUT2D eigenvalue weighted by Crippen LogP contribution is -2.57. The molecule has 1 aliphatic heterocycles. The molecule has 1 aromatic heterocycles. The smallest absolute Gasteiger partial charge is 0.328 e. The molecule has 6 aromatic rings. The molecule has 0 bridgehead atoms. The van der Waals surface area contributed by atoms with Gasteiger partial charge in [0.2, 0.25) is 0 Å². The van der Waals surface area contributed by atoms with Crippen LogP contribution in [-0.4, -0.2) is 6.85 Å². The minimum atomic E-state index is 0.0987. The van der Waals surface area contributed by atoms with Gasteiger partial charge in [0.1, 0.15) is 0 Å². The third-order valence-corrected chi connectivity index (χ3v) is 7.84. The summed E-state index contributed by atoms with van der Waals surface area (Å²) in [4.78, 5) is 2.51. The van der Waals surface area contributed by atoms with E-state index in [0.717, 1.165) is 0 Å². The molecule has 3 heteroatoms. The second-order valence-electron chi connectivity index (χ2n) is 8.57. The Kier molecular flexibility index (Phi) is 4.18. The van der Waals surface area contributed by atoms with Gasteiger partial charge in [-0.05, 0) is 46.7 Å². The van der Waals surface area contributed by atoms with Crippen LogP contribution >= 0.6 is 11.3 Å². The van der Waals surface area contributed by atoms with E-state index in [1.54, 1.807) is 0 Å². The molecule has 0 N–H and O–H groups in total. The largest absolute Gasteiger partial charge is 0.376 e. The molecule has 0 atom stereocenters. The lowest BCUT2D eigenvalue weighted by Gasteiger charge is -2.39. The van der Waals surface area contributed by atoms with Crippen molar-refractivity contribution in [3.8, 4) is 11.1 Å². The number of thiophene rings is 1. The Bertz CT molecular complexity index is 1620. The van der Waals surface area contributed by atoms with Gasteiger partial charge in [-0.25, -0.2) is 0 Å². The van der Waals surface area contributed by atoms with Crippen LogP contribution in [0.4, 0.5) is 11.4 Å². The van der Waals surface area contributed by atoms with E-state index in [-0.39, 0.29) is 6.85 Å². The first-order chi connectivity index (χ1) is 16.4. The summed E-state index contributed by atoms with van der Waals surface area (Å²) in [5.74, 6) is 0. The molecule has 0 amide bonds. The Balaban J connectivity index is 1.60. The summed E-state index contributed by atoms with van der Waals surface area (Å²) in [7, 11) is 0. The topological polar surface area (TPSA) is 3.24 Å². The molecule has 0 aliphatic carbocycles. The van der Waals surface area contributed by atoms with Gasteiger partial charge in [0, 0.05) is 31.7 Å². The summed E-state index contributed by atoms with van der Waals surface area (Å²) in [6, 6.07) is 44.2. The number of hydrogen-bond donors (Lipinski definition) is 0. The average molecular weight is 437 g/mol. The Morgan fingerprint density at radius 2 is 1.24 bits per heavy atom. The lowest BCUT2D eigenvalue weighted by atomic mass is 9.45. The van der Waals surface area contributed by atoms with Gasteiger partial charge in [-0.1, -0.05) is 96.5 Å². The number of benzene rings is 5. The maximum Gasteiger partial charge on any atom is 0.328 e. The Labute approximate surface area is 197 Å². The number of hydrogen-bond acceptors (Lipinski definition) is 2. The highest BCUT2D eigenvalue weighted by molar-refractivity contribution is 7.25. The molecule has 33 heavy (non-hydrogen) atoms. The third-order valence-electron chi connectivity index (χ3n) is 6.71. The summed E-state index contributed by atoms with van der Waals surface area (Å²) in [6.07, 6.45) is 0. The number of para-hydroxylation sites is 2. The summed E-state index contributed by atoms with van der Waals surface area (Å²) < 4.78 is 2.70. The van der Waals surface area contributed by atoms with Crippen LogP contribution in [0.2, 0.25) is 0 Å². The predicted octanol–water partition coefficient (Wildman–Crippen LogP) is 6.98. The number of fused-ring (bicyclic) bond motifs is 6. The van der Waals surface area contributed by atoms with E-state index in [0.29, 0.717) is 0 Å². The molecule has 1 nitrogen and oxygen atoms in total. The van der Waals surface area contributed by atoms with Crippen molar-refractivity contribution in [3.05, 3.63) is 121 Å². The second kappa shape index (κ2) is 7.36. The van der Waals surface area contributed by atoms with Crippen molar-refractivity contribution in [2.75, 3.05) is 4.81 Å². The van der Waals surface area contributed by atoms with E-state index in [2.05, 4.69) is 126 Å². The second-order valence-corrected chi connectivity index (χ2v) is 9.65. The van der Waals surface area contributed by atoms with Gasteiger partial charge >= 0.3 is 6.85 Å². The van der Waals surface area contributed by atoms with E-state index < -0.39 is 0 Å². The standard InChI is InChI=1S/C30H20BNS/c1-3-11-21(12-4-1)31-27-19-26-24-16-8-10-18-29(24)33-30(26)20-25(27)23-15-7-9-17-28(23)32(31)22-13-5-2-6-14-22/h1-20H. The van der Waals surface area contributed by atoms with E-state index in [1.165, 1.54) is 53.6 Å². The SMILES string of the molecule is c1ccc(B2c3cc4c(cc3-c3ccccc3N2c2ccccc2)sc2ccccc24)cc1. The minimum Gasteiger partial charge on any atom is -0.376 e. The number of nitrogens with zero attached hydrogens (tertiary/aromatic N) is 1. The maximum absolute atomic E-state index is 2.51. The molecule has 0 spiro atoms. The van der Waals surface area contributed by atoms with Crippen LogP contribution in [0.1, 0.15) is 0 Å². The number of anilines is 2. The van der Waals surface area contributed by atoms with Gasteiger partial charge in [-0.15, -0.1) is 11.3 Å². The molecule has 0 unspecified atom stereocenters. The van der Waals surface area contributed by atoms with Gasteiger partial charge < -0.3 is 4.81 Å². The highest BCUT2D eigenvalue weighted by atomic mass is 32.1. The minimum absolute atomic E-state index is 0.0987. The van der Waals surface area contributed by atoms with Crippen molar-refractivity contribution in [1.29, 1.82) is 0 Å². The van der Waals surface area contributed by atoms with Crippen molar-refractivity contribution in [1.82, 2.24) is 0 Å². The van der Waals surface area contributed by atoms with Crippen LogP contribution in [0.15, 0.2) is 121 Å². The third kappa shape index (κ3) is 2.86. The zero-order valence-corrected chi connectivity index (χ0v) is 18.8. The van der Waals surface area contributed by atoms with Crippen LogP contribution in [-0.2, 0) is 0 Å². The molecule has 0 fully saturated rings. The van der Waals surface area contributed by atoms with Crippen LogP contribution in [0.5, 0.6) is 0 Å². The average Bonchev–Trinajstić information content (AvgIpc) is 3.25. The van der Waals surface area contributed by atoms with Crippen LogP contribution in [0.3, 0.4) is 0 Å². The normalized spacial score (nSPS) is 12.7. The zero-order chi connectivity index (χ0) is 21.8. The van der Waals surface area contributed by atoms with Gasteiger partial charge in [0.15, 0.2) is 0 Å². The highest BCUT2D eigenvalue weighted by Crippen LogP contribution is 2.42. The first-order valence-electron chi connectivity index (χ1n) is 11.3. The fourth-order valence-corrected chi connectivity index (χ4v) is 6.41. The van der Waals surface area contributed by atoms with Crippen molar-refractivity contribution in [3.63, 3.8) is 0 Å². The molecule has 0 saturated heterocycles. The molecular formula is C30H20BNS. The monoisotopic (exact) mass is 437 g/mol. The lowest BCUT2D eigenvalue weighted by molar-refractivity contribution is 1.37. The highest BCUT2D eigenvalue weighted by Gasteiger charge is 2.37. The molecule has 7 rings (SSSR count). The van der Waals surface area contributed by atoms with Crippen LogP contribution < -0.4 is 15.7 Å². The number of rotatable bonds is 2. The predicted molar refractivity (Wildman–Crippen MR) is 145 cm³/mol. The molecule has 154 valence electrons. The fraction of sp³-hybridized carbons (Fsp3) is 0. The van der Waals surface area contributed by atoms with E-state index in [1.807, 2.05) is 11.3 Å². The summed E-state index contributed by atoms with van der Waals surface area (Å²) in [6.45, 7) is 0.0987. The van der Waals surface area contributed by atoms with Crippen molar-refractivity contribution in [2.24, 2.45) is 0 Å². The fourth-order valence-electron chi connectivity index (χ4n) is 5.28. The summed E-state index contributed by atoms with van der Waals surface area (Å²) >= 11 is 1.89. The van der Waals surface area contributed by atoms with Crippen LogP contribution in [0, 0.1) is 0 Å². The molecule has 2 heterocycles. The summed E-state index contributed by atoms with van der Waals surface area (Å²) in [5, 5.41) is 2.69. The van der Waals surface area contributed by atoms with Gasteiger partial charge in [0.25, 0.3) is 0 Å². The Morgan fingerprint density at radius 3 is 2.09 bits per heavy atom. The van der Waals surface area contributed by atoms with Gasteiger partial charge in [-0.3, -0.25) is 0 Å². The van der Waals surface area contributed by atoms with Crippen molar-refractivity contribution < 1.29 is 0 Å². The first-order valence-corrected chi connectivity index (χ1v) is 12.1. The quantitative estimate of drug-likeness (QED) is 0.264.